The van der Waals surface area contributed by atoms with Crippen LogP contribution < -0.4 is 5.32 Å². The molecule has 0 aromatic carbocycles. The predicted molar refractivity (Wildman–Crippen MR) is 59.8 cm³/mol. The first-order chi connectivity index (χ1) is 6.84. The molecule has 14 heavy (non-hydrogen) atoms. The molecule has 0 amide bonds. The molecule has 1 N–H and O–H groups in total. The second-order valence-electron chi connectivity index (χ2n) is 4.77. The number of piperidine rings is 1. The van der Waals surface area contributed by atoms with Crippen LogP contribution in [0.2, 0.25) is 0 Å². The molecule has 1 nitrogen and oxygen atoms in total. The van der Waals surface area contributed by atoms with Crippen LogP contribution in [0, 0.1) is 12.8 Å². The Morgan fingerprint density at radius 2 is 2.36 bits per heavy atom. The molecule has 2 fully saturated rings. The third kappa shape index (κ3) is 1.42. The van der Waals surface area contributed by atoms with Gasteiger partial charge in [-0.2, -0.15) is 0 Å². The summed E-state index contributed by atoms with van der Waals surface area (Å²) in [6.07, 6.45) is 2.73. The second kappa shape index (κ2) is 3.20. The Hall–Kier alpha value is -0.625. The van der Waals surface area contributed by atoms with Crippen molar-refractivity contribution in [1.82, 2.24) is 5.32 Å². The number of hydrogen-bond acceptors (Lipinski definition) is 1. The fraction of sp³-hybridized carbons (Fsp3) is 0.583. The maximum atomic E-state index is 3.57. The van der Waals surface area contributed by atoms with Crippen LogP contribution in [0.4, 0.5) is 0 Å². The van der Waals surface area contributed by atoms with Gasteiger partial charge in [0.2, 0.25) is 0 Å². The standard InChI is InChI=1S/C12H16BN/c1-8-3-2-4-11(13-8)9-5-6-14-12-7-10(9)12/h2-4,9-10,12,14H,5-7H2,1H3. The Morgan fingerprint density at radius 3 is 3.21 bits per heavy atom. The fourth-order valence-corrected chi connectivity index (χ4v) is 2.85. The van der Waals surface area contributed by atoms with Crippen molar-refractivity contribution in [2.75, 3.05) is 6.54 Å². The van der Waals surface area contributed by atoms with Crippen LogP contribution in [0.1, 0.15) is 29.7 Å². The van der Waals surface area contributed by atoms with Gasteiger partial charge in [-0.15, -0.1) is 0 Å². The molecule has 1 aliphatic heterocycles. The van der Waals surface area contributed by atoms with Crippen LogP contribution in [0.25, 0.3) is 0 Å². The first-order valence-corrected chi connectivity index (χ1v) is 5.64. The molecule has 1 saturated heterocycles. The Morgan fingerprint density at radius 1 is 1.43 bits per heavy atom. The zero-order valence-corrected chi connectivity index (χ0v) is 8.66. The molecule has 0 spiro atoms. The summed E-state index contributed by atoms with van der Waals surface area (Å²) in [5.41, 5.74) is 2.97. The van der Waals surface area contributed by atoms with Gasteiger partial charge in [0.25, 0.3) is 0 Å². The van der Waals surface area contributed by atoms with E-state index >= 15 is 0 Å². The van der Waals surface area contributed by atoms with E-state index in [0.29, 0.717) is 0 Å². The number of hydrogen-bond donors (Lipinski definition) is 1. The molecule has 1 aliphatic carbocycles. The van der Waals surface area contributed by atoms with Gasteiger partial charge in [0.05, 0.1) is 0 Å². The normalized spacial score (nSPS) is 34.8. The van der Waals surface area contributed by atoms with Gasteiger partial charge in [0.15, 0.2) is 0 Å². The van der Waals surface area contributed by atoms with Crippen LogP contribution in [-0.2, 0) is 0 Å². The summed E-state index contributed by atoms with van der Waals surface area (Å²) in [6, 6.07) is 7.53. The van der Waals surface area contributed by atoms with Gasteiger partial charge in [0.1, 0.15) is 0 Å². The summed E-state index contributed by atoms with van der Waals surface area (Å²) in [7, 11) is 0. The van der Waals surface area contributed by atoms with E-state index in [1.807, 2.05) is 0 Å². The molecule has 2 heteroatoms. The van der Waals surface area contributed by atoms with Gasteiger partial charge < -0.3 is 0 Å². The van der Waals surface area contributed by atoms with E-state index < -0.39 is 0 Å². The zero-order chi connectivity index (χ0) is 9.54. The Kier molecular flexibility index (Phi) is 1.98. The van der Waals surface area contributed by atoms with Crippen LogP contribution in [0.5, 0.6) is 0 Å². The Bertz CT molecular complexity index is 350. The molecule has 0 bridgehead atoms. The molecule has 3 rings (SSSR count). The van der Waals surface area contributed by atoms with E-state index in [1.165, 1.54) is 24.8 Å². The Balaban J connectivity index is 1.87. The van der Waals surface area contributed by atoms with Crippen molar-refractivity contribution in [3.8, 4) is 0 Å². The predicted octanol–water partition coefficient (Wildman–Crippen LogP) is 1.80. The topological polar surface area (TPSA) is 12.0 Å². The number of fused-ring (bicyclic) bond motifs is 1. The van der Waals surface area contributed by atoms with Crippen molar-refractivity contribution in [3.05, 3.63) is 29.1 Å². The van der Waals surface area contributed by atoms with E-state index in [4.69, 9.17) is 0 Å². The molecule has 3 unspecified atom stereocenters. The summed E-state index contributed by atoms with van der Waals surface area (Å²) < 4.78 is 0. The molecule has 2 heterocycles. The minimum absolute atomic E-state index is 0.834. The van der Waals surface area contributed by atoms with Gasteiger partial charge in [-0.05, 0) is 0 Å². The maximum absolute atomic E-state index is 3.57. The molecule has 1 aromatic rings. The van der Waals surface area contributed by atoms with Crippen molar-refractivity contribution in [2.45, 2.75) is 31.7 Å². The van der Waals surface area contributed by atoms with E-state index in [0.717, 1.165) is 17.9 Å². The minimum atomic E-state index is 0.834. The van der Waals surface area contributed by atoms with Crippen molar-refractivity contribution in [1.29, 1.82) is 0 Å². The monoisotopic (exact) mass is 185 g/mol. The van der Waals surface area contributed by atoms with E-state index in [-0.39, 0.29) is 0 Å². The summed E-state index contributed by atoms with van der Waals surface area (Å²) >= 11 is 0. The number of rotatable bonds is 1. The molecule has 3 atom stereocenters. The molecule has 2 aliphatic rings. The molecule has 72 valence electrons. The summed E-state index contributed by atoms with van der Waals surface area (Å²) in [5.74, 6) is 1.77. The van der Waals surface area contributed by atoms with Crippen molar-refractivity contribution >= 4 is 6.91 Å². The van der Waals surface area contributed by atoms with Crippen LogP contribution in [0.3, 0.4) is 0 Å². The zero-order valence-electron chi connectivity index (χ0n) is 8.66. The van der Waals surface area contributed by atoms with Gasteiger partial charge in [0, 0.05) is 0 Å². The average Bonchev–Trinajstić information content (AvgIpc) is 2.95. The summed E-state index contributed by atoms with van der Waals surface area (Å²) in [6.45, 7) is 5.76. The van der Waals surface area contributed by atoms with Crippen molar-refractivity contribution in [3.63, 3.8) is 0 Å². The molecule has 1 saturated carbocycles. The molecular weight excluding hydrogens is 169 g/mol. The molecule has 1 aromatic heterocycles. The molecular formula is C12H16BN. The Labute approximate surface area is 86.1 Å². The van der Waals surface area contributed by atoms with E-state index in [2.05, 4.69) is 37.4 Å². The number of nitrogens with one attached hydrogen (secondary N) is 1. The second-order valence-corrected chi connectivity index (χ2v) is 4.77. The first-order valence-electron chi connectivity index (χ1n) is 5.64. The fourth-order valence-electron chi connectivity index (χ4n) is 2.85. The van der Waals surface area contributed by atoms with E-state index in [1.54, 1.807) is 5.46 Å². The first kappa shape index (κ1) is 8.66. The summed E-state index contributed by atoms with van der Waals surface area (Å²) in [5, 5.41) is 3.57. The SMILES string of the molecule is Cc1bc(C2CCNC3CC32)ccc1. The number of aryl methyl sites for hydroxylation is 1. The van der Waals surface area contributed by atoms with Gasteiger partial charge >= 0.3 is 85.5 Å². The third-order valence-corrected chi connectivity index (χ3v) is 3.69. The van der Waals surface area contributed by atoms with Crippen LogP contribution >= 0.6 is 0 Å². The molecule has 0 radical (unpaired) electrons. The van der Waals surface area contributed by atoms with E-state index in [9.17, 15) is 0 Å². The quantitative estimate of drug-likeness (QED) is 0.703. The van der Waals surface area contributed by atoms with Crippen molar-refractivity contribution in [2.24, 2.45) is 5.92 Å². The van der Waals surface area contributed by atoms with Gasteiger partial charge in [-0.3, -0.25) is 0 Å². The average molecular weight is 185 g/mol. The van der Waals surface area contributed by atoms with Gasteiger partial charge in [-0.1, -0.05) is 0 Å². The van der Waals surface area contributed by atoms with Gasteiger partial charge in [-0.25, -0.2) is 0 Å². The third-order valence-electron chi connectivity index (χ3n) is 3.69. The van der Waals surface area contributed by atoms with Crippen LogP contribution in [0.15, 0.2) is 18.2 Å². The van der Waals surface area contributed by atoms with Crippen LogP contribution in [-0.4, -0.2) is 19.5 Å². The summed E-state index contributed by atoms with van der Waals surface area (Å²) in [4.78, 5) is 0. The van der Waals surface area contributed by atoms with Crippen molar-refractivity contribution < 1.29 is 0 Å².